The van der Waals surface area contributed by atoms with Gasteiger partial charge in [0.05, 0.1) is 31.1 Å². The zero-order valence-corrected chi connectivity index (χ0v) is 12.7. The van der Waals surface area contributed by atoms with Crippen LogP contribution < -0.4 is 10.1 Å². The maximum absolute atomic E-state index is 12.4. The highest BCUT2D eigenvalue weighted by molar-refractivity contribution is 5.96. The molecule has 0 saturated carbocycles. The van der Waals surface area contributed by atoms with E-state index in [9.17, 15) is 4.79 Å². The van der Waals surface area contributed by atoms with E-state index in [4.69, 9.17) is 13.6 Å². The smallest absolute Gasteiger partial charge is 0.255 e. The molecule has 1 aromatic carbocycles. The molecule has 0 atom stereocenters. The number of para-hydroxylation sites is 1. The van der Waals surface area contributed by atoms with Crippen molar-refractivity contribution in [2.45, 2.75) is 5.92 Å². The molecule has 0 saturated heterocycles. The Morgan fingerprint density at radius 1 is 1.04 bits per heavy atom. The number of furan rings is 2. The molecular weight excluding hydrogens is 294 g/mol. The van der Waals surface area contributed by atoms with E-state index in [1.54, 1.807) is 37.8 Å². The first-order chi connectivity index (χ1) is 11.3. The molecule has 0 aliphatic rings. The summed E-state index contributed by atoms with van der Waals surface area (Å²) in [5.41, 5.74) is 0.493. The highest BCUT2D eigenvalue weighted by Gasteiger charge is 2.21. The summed E-state index contributed by atoms with van der Waals surface area (Å²) in [6.45, 7) is 0.359. The number of amides is 1. The Hall–Kier alpha value is -2.95. The number of nitrogens with one attached hydrogen (secondary N) is 1. The van der Waals surface area contributed by atoms with E-state index in [0.29, 0.717) is 17.9 Å². The van der Waals surface area contributed by atoms with E-state index in [-0.39, 0.29) is 11.8 Å². The molecule has 0 bridgehead atoms. The van der Waals surface area contributed by atoms with Crippen molar-refractivity contribution in [2.75, 3.05) is 13.7 Å². The third kappa shape index (κ3) is 3.29. The predicted octanol–water partition coefficient (Wildman–Crippen LogP) is 3.44. The summed E-state index contributed by atoms with van der Waals surface area (Å²) in [6.07, 6.45) is 3.21. The molecule has 3 aromatic rings. The molecular formula is C18H17NO4. The fourth-order valence-electron chi connectivity index (χ4n) is 2.44. The second-order valence-electron chi connectivity index (χ2n) is 4.99. The van der Waals surface area contributed by atoms with Crippen LogP contribution in [0, 0.1) is 0 Å². The molecule has 0 radical (unpaired) electrons. The van der Waals surface area contributed by atoms with E-state index in [2.05, 4.69) is 5.32 Å². The number of benzene rings is 1. The minimum absolute atomic E-state index is 0.182. The van der Waals surface area contributed by atoms with Crippen molar-refractivity contribution in [1.29, 1.82) is 0 Å². The summed E-state index contributed by atoms with van der Waals surface area (Å²) >= 11 is 0. The quantitative estimate of drug-likeness (QED) is 0.757. The fourth-order valence-corrected chi connectivity index (χ4v) is 2.44. The molecule has 3 rings (SSSR count). The summed E-state index contributed by atoms with van der Waals surface area (Å²) in [4.78, 5) is 12.4. The van der Waals surface area contributed by atoms with Crippen molar-refractivity contribution in [3.05, 3.63) is 78.1 Å². The molecule has 5 nitrogen and oxygen atoms in total. The Kier molecular flexibility index (Phi) is 4.47. The van der Waals surface area contributed by atoms with Crippen molar-refractivity contribution in [2.24, 2.45) is 0 Å². The Labute approximate surface area is 133 Å². The third-order valence-electron chi connectivity index (χ3n) is 3.59. The lowest BCUT2D eigenvalue weighted by Gasteiger charge is -2.14. The number of hydrogen-bond donors (Lipinski definition) is 1. The normalized spacial score (nSPS) is 10.7. The van der Waals surface area contributed by atoms with Gasteiger partial charge in [-0.15, -0.1) is 0 Å². The van der Waals surface area contributed by atoms with E-state index in [1.165, 1.54) is 0 Å². The first-order valence-electron chi connectivity index (χ1n) is 7.27. The van der Waals surface area contributed by atoms with Gasteiger partial charge in [0.15, 0.2) is 0 Å². The van der Waals surface area contributed by atoms with Crippen LogP contribution in [0.2, 0.25) is 0 Å². The molecule has 5 heteroatoms. The van der Waals surface area contributed by atoms with Crippen LogP contribution in [0.5, 0.6) is 5.75 Å². The average molecular weight is 311 g/mol. The van der Waals surface area contributed by atoms with Crippen LogP contribution in [0.25, 0.3) is 0 Å². The van der Waals surface area contributed by atoms with Gasteiger partial charge in [-0.2, -0.15) is 0 Å². The highest BCUT2D eigenvalue weighted by Crippen LogP contribution is 2.25. The van der Waals surface area contributed by atoms with Crippen molar-refractivity contribution < 1.29 is 18.4 Å². The first-order valence-corrected chi connectivity index (χ1v) is 7.27. The largest absolute Gasteiger partial charge is 0.496 e. The monoisotopic (exact) mass is 311 g/mol. The summed E-state index contributed by atoms with van der Waals surface area (Å²) in [5, 5.41) is 2.91. The van der Waals surface area contributed by atoms with Gasteiger partial charge in [0.25, 0.3) is 5.91 Å². The summed E-state index contributed by atoms with van der Waals surface area (Å²) in [7, 11) is 1.54. The number of rotatable bonds is 6. The predicted molar refractivity (Wildman–Crippen MR) is 84.6 cm³/mol. The minimum atomic E-state index is -0.203. The standard InChI is InChI=1S/C18H17NO4/c1-21-15-7-3-2-6-13(15)18(20)19-12-14(16-8-4-10-22-16)17-9-5-11-23-17/h2-11,14H,12H2,1H3,(H,19,20). The van der Waals surface area contributed by atoms with Gasteiger partial charge >= 0.3 is 0 Å². The highest BCUT2D eigenvalue weighted by atomic mass is 16.5. The van der Waals surface area contributed by atoms with E-state index in [0.717, 1.165) is 11.5 Å². The van der Waals surface area contributed by atoms with Gasteiger partial charge in [0.2, 0.25) is 0 Å². The Balaban J connectivity index is 1.76. The molecule has 23 heavy (non-hydrogen) atoms. The third-order valence-corrected chi connectivity index (χ3v) is 3.59. The molecule has 1 amide bonds. The van der Waals surface area contributed by atoms with Crippen molar-refractivity contribution in [3.63, 3.8) is 0 Å². The van der Waals surface area contributed by atoms with Gasteiger partial charge in [-0.25, -0.2) is 0 Å². The van der Waals surface area contributed by atoms with Crippen LogP contribution in [-0.2, 0) is 0 Å². The maximum atomic E-state index is 12.4. The molecule has 2 heterocycles. The van der Waals surface area contributed by atoms with Gasteiger partial charge in [-0.1, -0.05) is 12.1 Å². The van der Waals surface area contributed by atoms with Crippen LogP contribution in [-0.4, -0.2) is 19.6 Å². The van der Waals surface area contributed by atoms with Crippen LogP contribution in [0.3, 0.4) is 0 Å². The van der Waals surface area contributed by atoms with E-state index >= 15 is 0 Å². The first kappa shape index (κ1) is 15.0. The number of methoxy groups -OCH3 is 1. The molecule has 2 aromatic heterocycles. The zero-order valence-electron chi connectivity index (χ0n) is 12.7. The number of hydrogen-bond acceptors (Lipinski definition) is 4. The Morgan fingerprint density at radius 3 is 2.26 bits per heavy atom. The lowest BCUT2D eigenvalue weighted by Crippen LogP contribution is -2.29. The molecule has 0 aliphatic carbocycles. The van der Waals surface area contributed by atoms with Crippen molar-refractivity contribution in [3.8, 4) is 5.75 Å². The fraction of sp³-hybridized carbons (Fsp3) is 0.167. The van der Waals surface area contributed by atoms with Crippen LogP contribution in [0.1, 0.15) is 27.8 Å². The summed E-state index contributed by atoms with van der Waals surface area (Å²) in [6, 6.07) is 14.5. The molecule has 0 fully saturated rings. The van der Waals surface area contributed by atoms with Gasteiger partial charge in [-0.05, 0) is 36.4 Å². The summed E-state index contributed by atoms with van der Waals surface area (Å²) < 4.78 is 16.2. The molecule has 118 valence electrons. The van der Waals surface area contributed by atoms with Crippen LogP contribution in [0.4, 0.5) is 0 Å². The van der Waals surface area contributed by atoms with E-state index in [1.807, 2.05) is 30.3 Å². The van der Waals surface area contributed by atoms with Crippen molar-refractivity contribution in [1.82, 2.24) is 5.32 Å². The molecule has 0 unspecified atom stereocenters. The summed E-state index contributed by atoms with van der Waals surface area (Å²) in [5.74, 6) is 1.63. The number of ether oxygens (including phenoxy) is 1. The Bertz CT molecular complexity index is 713. The molecule has 0 aliphatic heterocycles. The van der Waals surface area contributed by atoms with Crippen molar-refractivity contribution >= 4 is 5.91 Å². The van der Waals surface area contributed by atoms with Crippen LogP contribution in [0.15, 0.2) is 69.9 Å². The molecule has 1 N–H and O–H groups in total. The lowest BCUT2D eigenvalue weighted by molar-refractivity contribution is 0.0948. The minimum Gasteiger partial charge on any atom is -0.496 e. The molecule has 0 spiro atoms. The number of carbonyl (C=O) groups excluding carboxylic acids is 1. The van der Waals surface area contributed by atoms with Gasteiger partial charge in [-0.3, -0.25) is 4.79 Å². The zero-order chi connectivity index (χ0) is 16.1. The van der Waals surface area contributed by atoms with Gasteiger partial charge < -0.3 is 18.9 Å². The Morgan fingerprint density at radius 2 is 1.70 bits per heavy atom. The second-order valence-corrected chi connectivity index (χ2v) is 4.99. The van der Waals surface area contributed by atoms with E-state index < -0.39 is 0 Å². The lowest BCUT2D eigenvalue weighted by atomic mass is 10.0. The topological polar surface area (TPSA) is 64.6 Å². The average Bonchev–Trinajstić information content (AvgIpc) is 3.29. The van der Waals surface area contributed by atoms with Gasteiger partial charge in [0, 0.05) is 6.54 Å². The van der Waals surface area contributed by atoms with Gasteiger partial charge in [0.1, 0.15) is 17.3 Å². The van der Waals surface area contributed by atoms with Crippen LogP contribution >= 0.6 is 0 Å². The second kappa shape index (κ2) is 6.87. The SMILES string of the molecule is COc1ccccc1C(=O)NCC(c1ccco1)c1ccco1. The number of carbonyl (C=O) groups is 1. The maximum Gasteiger partial charge on any atom is 0.255 e.